The van der Waals surface area contributed by atoms with E-state index in [9.17, 15) is 4.79 Å². The van der Waals surface area contributed by atoms with Crippen LogP contribution in [0.15, 0.2) is 18.2 Å². The van der Waals surface area contributed by atoms with E-state index in [1.807, 2.05) is 32.3 Å². The van der Waals surface area contributed by atoms with Crippen LogP contribution in [-0.4, -0.2) is 39.7 Å². The normalized spacial score (nSPS) is 14.2. The maximum atomic E-state index is 11.8. The molecular weight excluding hydrogens is 218 g/mol. The van der Waals surface area contributed by atoms with Crippen molar-refractivity contribution in [2.24, 2.45) is 0 Å². The second kappa shape index (κ2) is 5.05. The van der Waals surface area contributed by atoms with E-state index in [1.165, 1.54) is 0 Å². The summed E-state index contributed by atoms with van der Waals surface area (Å²) in [6.45, 7) is 1.53. The van der Waals surface area contributed by atoms with Gasteiger partial charge in [0.25, 0.3) is 5.91 Å². The lowest BCUT2D eigenvalue weighted by molar-refractivity contribution is -0.121. The first-order chi connectivity index (χ1) is 8.26. The Morgan fingerprint density at radius 2 is 2.24 bits per heavy atom. The van der Waals surface area contributed by atoms with Crippen LogP contribution in [-0.2, 0) is 4.79 Å². The summed E-state index contributed by atoms with van der Waals surface area (Å²) in [6, 6.07) is 5.76. The molecule has 0 aromatic heterocycles. The molecule has 1 aromatic carbocycles. The Balaban J connectivity index is 2.31. The molecule has 2 N–H and O–H groups in total. The molecule has 5 heteroatoms. The number of fused-ring (bicyclic) bond motifs is 1. The van der Waals surface area contributed by atoms with Crippen molar-refractivity contribution in [3.8, 4) is 5.75 Å². The van der Waals surface area contributed by atoms with Crippen LogP contribution in [0, 0.1) is 0 Å². The predicted molar refractivity (Wildman–Crippen MR) is 67.8 cm³/mol. The summed E-state index contributed by atoms with van der Waals surface area (Å²) in [4.78, 5) is 13.6. The number of carbonyl (C=O) groups is 1. The fraction of sp³-hybridized carbons (Fsp3) is 0.417. The average Bonchev–Trinajstić information content (AvgIpc) is 2.37. The van der Waals surface area contributed by atoms with Crippen molar-refractivity contribution < 1.29 is 9.53 Å². The summed E-state index contributed by atoms with van der Waals surface area (Å²) in [6.07, 6.45) is 0. The second-order valence-corrected chi connectivity index (χ2v) is 3.87. The van der Waals surface area contributed by atoms with Crippen molar-refractivity contribution in [1.82, 2.24) is 5.32 Å². The van der Waals surface area contributed by atoms with Gasteiger partial charge >= 0.3 is 0 Å². The highest BCUT2D eigenvalue weighted by molar-refractivity contribution is 5.98. The monoisotopic (exact) mass is 235 g/mol. The number of carbonyl (C=O) groups excluding carboxylic acids is 1. The number of amides is 1. The Hall–Kier alpha value is -1.75. The largest absolute Gasteiger partial charge is 0.482 e. The third-order valence-corrected chi connectivity index (χ3v) is 2.78. The smallest absolute Gasteiger partial charge is 0.265 e. The number of benzene rings is 1. The van der Waals surface area contributed by atoms with E-state index >= 15 is 0 Å². The lowest BCUT2D eigenvalue weighted by atomic mass is 10.2. The van der Waals surface area contributed by atoms with E-state index in [0.717, 1.165) is 23.7 Å². The Bertz CT molecular complexity index is 420. The van der Waals surface area contributed by atoms with Crippen molar-refractivity contribution in [3.05, 3.63) is 18.2 Å². The minimum atomic E-state index is 0.000929. The molecule has 0 saturated heterocycles. The summed E-state index contributed by atoms with van der Waals surface area (Å²) < 4.78 is 5.41. The molecule has 0 bridgehead atoms. The molecule has 0 saturated carbocycles. The number of ether oxygens (including phenoxy) is 1. The van der Waals surface area contributed by atoms with Gasteiger partial charge < -0.3 is 20.3 Å². The average molecular weight is 235 g/mol. The summed E-state index contributed by atoms with van der Waals surface area (Å²) in [5, 5.41) is 6.10. The molecule has 1 aromatic rings. The first kappa shape index (κ1) is 11.7. The minimum absolute atomic E-state index is 0.000929. The highest BCUT2D eigenvalue weighted by Crippen LogP contribution is 2.34. The van der Waals surface area contributed by atoms with Crippen LogP contribution >= 0.6 is 0 Å². The fourth-order valence-corrected chi connectivity index (χ4v) is 1.83. The summed E-state index contributed by atoms with van der Waals surface area (Å²) in [7, 11) is 3.72. The molecule has 1 aliphatic rings. The number of nitrogens with one attached hydrogen (secondary N) is 2. The van der Waals surface area contributed by atoms with E-state index in [4.69, 9.17) is 4.74 Å². The van der Waals surface area contributed by atoms with Gasteiger partial charge in [0.1, 0.15) is 5.75 Å². The van der Waals surface area contributed by atoms with Crippen molar-refractivity contribution in [2.45, 2.75) is 0 Å². The molecular formula is C12H17N3O2. The van der Waals surface area contributed by atoms with Crippen LogP contribution in [0.25, 0.3) is 0 Å². The minimum Gasteiger partial charge on any atom is -0.482 e. The van der Waals surface area contributed by atoms with Crippen molar-refractivity contribution in [3.63, 3.8) is 0 Å². The van der Waals surface area contributed by atoms with Gasteiger partial charge in [0.2, 0.25) is 0 Å². The van der Waals surface area contributed by atoms with Crippen LogP contribution < -0.4 is 20.3 Å². The lowest BCUT2D eigenvalue weighted by Crippen LogP contribution is -2.42. The van der Waals surface area contributed by atoms with Gasteiger partial charge in [0.15, 0.2) is 6.61 Å². The molecule has 0 aliphatic carbocycles. The standard InChI is InChI=1S/C12H17N3O2/c1-13-5-6-15-10-7-9(14-2)3-4-11(10)17-8-12(15)16/h3-4,7,13-14H,5-6,8H2,1-2H3. The first-order valence-electron chi connectivity index (χ1n) is 5.66. The molecule has 0 fully saturated rings. The molecule has 1 amide bonds. The van der Waals surface area contributed by atoms with Crippen LogP contribution in [0.4, 0.5) is 11.4 Å². The van der Waals surface area contributed by atoms with Gasteiger partial charge in [-0.25, -0.2) is 0 Å². The Labute approximate surface area is 101 Å². The number of hydrogen-bond acceptors (Lipinski definition) is 4. The molecule has 0 spiro atoms. The van der Waals surface area contributed by atoms with Gasteiger partial charge in [0.05, 0.1) is 5.69 Å². The van der Waals surface area contributed by atoms with Crippen LogP contribution in [0.3, 0.4) is 0 Å². The molecule has 1 heterocycles. The van der Waals surface area contributed by atoms with Gasteiger partial charge in [-0.15, -0.1) is 0 Å². The van der Waals surface area contributed by atoms with Crippen molar-refractivity contribution in [1.29, 1.82) is 0 Å². The van der Waals surface area contributed by atoms with Gasteiger partial charge in [0, 0.05) is 25.8 Å². The zero-order chi connectivity index (χ0) is 12.3. The number of nitrogens with zero attached hydrogens (tertiary/aromatic N) is 1. The second-order valence-electron chi connectivity index (χ2n) is 3.87. The highest BCUT2D eigenvalue weighted by atomic mass is 16.5. The third kappa shape index (κ3) is 2.34. The molecule has 0 atom stereocenters. The summed E-state index contributed by atoms with van der Waals surface area (Å²) in [5.74, 6) is 0.765. The molecule has 5 nitrogen and oxygen atoms in total. The van der Waals surface area contributed by atoms with Gasteiger partial charge in [-0.1, -0.05) is 0 Å². The predicted octanol–water partition coefficient (Wildman–Crippen LogP) is 0.673. The maximum absolute atomic E-state index is 11.8. The number of anilines is 2. The Morgan fingerprint density at radius 1 is 1.41 bits per heavy atom. The van der Waals surface area contributed by atoms with Crippen LogP contribution in [0.5, 0.6) is 5.75 Å². The molecule has 0 unspecified atom stereocenters. The first-order valence-corrected chi connectivity index (χ1v) is 5.66. The maximum Gasteiger partial charge on any atom is 0.265 e. The fourth-order valence-electron chi connectivity index (χ4n) is 1.83. The molecule has 0 radical (unpaired) electrons. The van der Waals surface area contributed by atoms with Crippen LogP contribution in [0.1, 0.15) is 0 Å². The zero-order valence-corrected chi connectivity index (χ0v) is 10.1. The Morgan fingerprint density at radius 3 is 2.94 bits per heavy atom. The Kier molecular flexibility index (Phi) is 3.49. The number of likely N-dealkylation sites (N-methyl/N-ethyl adjacent to an activating group) is 1. The third-order valence-electron chi connectivity index (χ3n) is 2.78. The highest BCUT2D eigenvalue weighted by Gasteiger charge is 2.25. The van der Waals surface area contributed by atoms with Crippen molar-refractivity contribution in [2.75, 3.05) is 44.0 Å². The number of hydrogen-bond donors (Lipinski definition) is 2. The van der Waals surface area contributed by atoms with E-state index in [-0.39, 0.29) is 12.5 Å². The molecule has 92 valence electrons. The van der Waals surface area contributed by atoms with E-state index in [1.54, 1.807) is 4.90 Å². The topological polar surface area (TPSA) is 53.6 Å². The van der Waals surface area contributed by atoms with E-state index < -0.39 is 0 Å². The van der Waals surface area contributed by atoms with Gasteiger partial charge in [-0.05, 0) is 25.2 Å². The molecule has 2 rings (SSSR count). The van der Waals surface area contributed by atoms with E-state index in [2.05, 4.69) is 10.6 Å². The zero-order valence-electron chi connectivity index (χ0n) is 10.1. The van der Waals surface area contributed by atoms with Crippen molar-refractivity contribution >= 4 is 17.3 Å². The van der Waals surface area contributed by atoms with Gasteiger partial charge in [-0.3, -0.25) is 4.79 Å². The molecule has 1 aliphatic heterocycles. The van der Waals surface area contributed by atoms with Crippen LogP contribution in [0.2, 0.25) is 0 Å². The SMILES string of the molecule is CNCCN1C(=O)COc2ccc(NC)cc21. The lowest BCUT2D eigenvalue weighted by Gasteiger charge is -2.29. The number of rotatable bonds is 4. The quantitative estimate of drug-likeness (QED) is 0.805. The summed E-state index contributed by atoms with van der Waals surface area (Å²) >= 11 is 0. The van der Waals surface area contributed by atoms with E-state index in [0.29, 0.717) is 6.54 Å². The van der Waals surface area contributed by atoms with Gasteiger partial charge in [-0.2, -0.15) is 0 Å². The summed E-state index contributed by atoms with van der Waals surface area (Å²) in [5.41, 5.74) is 1.81. The molecule has 17 heavy (non-hydrogen) atoms.